The molecule has 126 valence electrons. The standard InChI is InChI=1S/C18H26N2O3/c1-14-5-3-4-6-15(14)7-8-17(22)19(2)13-18(23)20-11-9-16(21)10-12-20/h3-6,16,21H,7-13H2,1-2H3. The summed E-state index contributed by atoms with van der Waals surface area (Å²) in [4.78, 5) is 27.7. The topological polar surface area (TPSA) is 60.9 Å². The number of rotatable bonds is 5. The summed E-state index contributed by atoms with van der Waals surface area (Å²) < 4.78 is 0. The smallest absolute Gasteiger partial charge is 0.242 e. The zero-order valence-corrected chi connectivity index (χ0v) is 14.0. The van der Waals surface area contributed by atoms with E-state index in [1.165, 1.54) is 16.0 Å². The van der Waals surface area contributed by atoms with E-state index in [0.717, 1.165) is 0 Å². The van der Waals surface area contributed by atoms with Crippen LogP contribution in [0.4, 0.5) is 0 Å². The first-order valence-electron chi connectivity index (χ1n) is 8.21. The van der Waals surface area contributed by atoms with E-state index in [9.17, 15) is 14.7 Å². The van der Waals surface area contributed by atoms with Crippen LogP contribution in [0.25, 0.3) is 0 Å². The Morgan fingerprint density at radius 1 is 1.26 bits per heavy atom. The molecule has 1 aromatic rings. The monoisotopic (exact) mass is 318 g/mol. The molecule has 0 unspecified atom stereocenters. The summed E-state index contributed by atoms with van der Waals surface area (Å²) in [5.74, 6) is -0.0534. The van der Waals surface area contributed by atoms with E-state index in [0.29, 0.717) is 38.8 Å². The molecule has 1 aromatic carbocycles. The molecule has 1 fully saturated rings. The fourth-order valence-corrected chi connectivity index (χ4v) is 2.83. The number of carbonyl (C=O) groups excluding carboxylic acids is 2. The van der Waals surface area contributed by atoms with Crippen LogP contribution in [0.2, 0.25) is 0 Å². The minimum atomic E-state index is -0.299. The van der Waals surface area contributed by atoms with Crippen LogP contribution in [0.5, 0.6) is 0 Å². The molecule has 1 N–H and O–H groups in total. The number of aryl methyl sites for hydroxylation is 2. The Kier molecular flexibility index (Phi) is 6.16. The maximum absolute atomic E-state index is 12.2. The average molecular weight is 318 g/mol. The Balaban J connectivity index is 1.78. The molecule has 1 aliphatic rings. The minimum absolute atomic E-state index is 0.0151. The quantitative estimate of drug-likeness (QED) is 0.892. The van der Waals surface area contributed by atoms with Crippen molar-refractivity contribution in [2.45, 2.75) is 38.7 Å². The predicted molar refractivity (Wildman–Crippen MR) is 89.0 cm³/mol. The van der Waals surface area contributed by atoms with E-state index in [-0.39, 0.29) is 24.5 Å². The van der Waals surface area contributed by atoms with Gasteiger partial charge in [-0.3, -0.25) is 9.59 Å². The van der Waals surface area contributed by atoms with E-state index < -0.39 is 0 Å². The number of likely N-dealkylation sites (tertiary alicyclic amines) is 1. The van der Waals surface area contributed by atoms with Gasteiger partial charge in [0.2, 0.25) is 11.8 Å². The number of aliphatic hydroxyl groups excluding tert-OH is 1. The average Bonchev–Trinajstić information content (AvgIpc) is 2.54. The molecule has 1 aliphatic heterocycles. The van der Waals surface area contributed by atoms with Crippen molar-refractivity contribution >= 4 is 11.8 Å². The van der Waals surface area contributed by atoms with Gasteiger partial charge in [-0.25, -0.2) is 0 Å². The van der Waals surface area contributed by atoms with Gasteiger partial charge in [0.15, 0.2) is 0 Å². The number of hydrogen-bond donors (Lipinski definition) is 1. The molecule has 0 saturated carbocycles. The first-order chi connectivity index (χ1) is 11.0. The van der Waals surface area contributed by atoms with Gasteiger partial charge in [0, 0.05) is 26.6 Å². The van der Waals surface area contributed by atoms with Crippen molar-refractivity contribution in [1.29, 1.82) is 0 Å². The zero-order valence-electron chi connectivity index (χ0n) is 14.0. The van der Waals surface area contributed by atoms with E-state index in [4.69, 9.17) is 0 Å². The molecule has 5 heteroatoms. The van der Waals surface area contributed by atoms with E-state index in [2.05, 4.69) is 0 Å². The Bertz CT molecular complexity index is 551. The van der Waals surface area contributed by atoms with Crippen LogP contribution < -0.4 is 0 Å². The lowest BCUT2D eigenvalue weighted by Gasteiger charge is -2.31. The van der Waals surface area contributed by atoms with Gasteiger partial charge in [-0.1, -0.05) is 24.3 Å². The van der Waals surface area contributed by atoms with Crippen LogP contribution in [0.1, 0.15) is 30.4 Å². The number of piperidine rings is 1. The van der Waals surface area contributed by atoms with Crippen molar-refractivity contribution < 1.29 is 14.7 Å². The maximum Gasteiger partial charge on any atom is 0.242 e. The van der Waals surface area contributed by atoms with Crippen LogP contribution in [-0.2, 0) is 16.0 Å². The first-order valence-corrected chi connectivity index (χ1v) is 8.21. The van der Waals surface area contributed by atoms with Gasteiger partial charge < -0.3 is 14.9 Å². The second kappa shape index (κ2) is 8.11. The highest BCUT2D eigenvalue weighted by molar-refractivity contribution is 5.84. The Morgan fingerprint density at radius 3 is 2.57 bits per heavy atom. The highest BCUT2D eigenvalue weighted by atomic mass is 16.3. The summed E-state index contributed by atoms with van der Waals surface area (Å²) >= 11 is 0. The predicted octanol–water partition coefficient (Wildman–Crippen LogP) is 1.37. The molecular weight excluding hydrogens is 292 g/mol. The Morgan fingerprint density at radius 2 is 1.91 bits per heavy atom. The summed E-state index contributed by atoms with van der Waals surface area (Å²) in [6.45, 7) is 3.30. The number of amides is 2. The highest BCUT2D eigenvalue weighted by Crippen LogP contribution is 2.12. The normalized spacial score (nSPS) is 15.5. The largest absolute Gasteiger partial charge is 0.393 e. The summed E-state index contributed by atoms with van der Waals surface area (Å²) in [5, 5.41) is 9.48. The fourth-order valence-electron chi connectivity index (χ4n) is 2.83. The summed E-state index contributed by atoms with van der Waals surface area (Å²) in [7, 11) is 1.68. The van der Waals surface area contributed by atoms with E-state index in [1.54, 1.807) is 11.9 Å². The maximum atomic E-state index is 12.2. The van der Waals surface area contributed by atoms with Gasteiger partial charge in [0.1, 0.15) is 0 Å². The van der Waals surface area contributed by atoms with Gasteiger partial charge in [-0.05, 0) is 37.3 Å². The molecule has 1 heterocycles. The molecule has 0 spiro atoms. The van der Waals surface area contributed by atoms with Crippen molar-refractivity contribution in [2.75, 3.05) is 26.7 Å². The SMILES string of the molecule is Cc1ccccc1CCC(=O)N(C)CC(=O)N1CCC(O)CC1. The Hall–Kier alpha value is -1.88. The van der Waals surface area contributed by atoms with Gasteiger partial charge in [-0.2, -0.15) is 0 Å². The third-order valence-corrected chi connectivity index (χ3v) is 4.48. The second-order valence-corrected chi connectivity index (χ2v) is 6.29. The van der Waals surface area contributed by atoms with Crippen molar-refractivity contribution in [1.82, 2.24) is 9.80 Å². The highest BCUT2D eigenvalue weighted by Gasteiger charge is 2.23. The Labute approximate surface area is 137 Å². The molecule has 0 radical (unpaired) electrons. The lowest BCUT2D eigenvalue weighted by molar-refractivity contribution is -0.140. The minimum Gasteiger partial charge on any atom is -0.393 e. The van der Waals surface area contributed by atoms with Gasteiger partial charge in [0.05, 0.1) is 12.6 Å². The number of carbonyl (C=O) groups is 2. The summed E-state index contributed by atoms with van der Waals surface area (Å²) in [5.41, 5.74) is 2.36. The van der Waals surface area contributed by atoms with Crippen molar-refractivity contribution in [3.8, 4) is 0 Å². The van der Waals surface area contributed by atoms with Crippen LogP contribution in [0.15, 0.2) is 24.3 Å². The third kappa shape index (κ3) is 5.06. The van der Waals surface area contributed by atoms with Gasteiger partial charge in [0.25, 0.3) is 0 Å². The van der Waals surface area contributed by atoms with E-state index >= 15 is 0 Å². The molecule has 1 saturated heterocycles. The van der Waals surface area contributed by atoms with Gasteiger partial charge >= 0.3 is 0 Å². The summed E-state index contributed by atoms with van der Waals surface area (Å²) in [6, 6.07) is 8.04. The number of hydrogen-bond acceptors (Lipinski definition) is 3. The lowest BCUT2D eigenvalue weighted by atomic mass is 10.0. The zero-order chi connectivity index (χ0) is 16.8. The van der Waals surface area contributed by atoms with E-state index in [1.807, 2.05) is 31.2 Å². The van der Waals surface area contributed by atoms with Crippen LogP contribution in [-0.4, -0.2) is 59.5 Å². The second-order valence-electron chi connectivity index (χ2n) is 6.29. The fraction of sp³-hybridized carbons (Fsp3) is 0.556. The lowest BCUT2D eigenvalue weighted by Crippen LogP contribution is -2.45. The van der Waals surface area contributed by atoms with Crippen LogP contribution >= 0.6 is 0 Å². The molecule has 0 aliphatic carbocycles. The summed E-state index contributed by atoms with van der Waals surface area (Å²) in [6.07, 6.45) is 2.05. The molecule has 2 rings (SSSR count). The third-order valence-electron chi connectivity index (χ3n) is 4.48. The molecule has 2 amide bonds. The molecular formula is C18H26N2O3. The van der Waals surface area contributed by atoms with Crippen molar-refractivity contribution in [3.05, 3.63) is 35.4 Å². The number of nitrogens with zero attached hydrogens (tertiary/aromatic N) is 2. The molecule has 0 bridgehead atoms. The van der Waals surface area contributed by atoms with Crippen molar-refractivity contribution in [2.24, 2.45) is 0 Å². The number of aliphatic hydroxyl groups is 1. The van der Waals surface area contributed by atoms with Gasteiger partial charge in [-0.15, -0.1) is 0 Å². The number of benzene rings is 1. The number of likely N-dealkylation sites (N-methyl/N-ethyl adjacent to an activating group) is 1. The van der Waals surface area contributed by atoms with Crippen LogP contribution in [0.3, 0.4) is 0 Å². The molecule has 23 heavy (non-hydrogen) atoms. The first kappa shape index (κ1) is 17.5. The molecule has 0 aromatic heterocycles. The van der Waals surface area contributed by atoms with Crippen LogP contribution in [0, 0.1) is 6.92 Å². The molecule has 0 atom stereocenters. The van der Waals surface area contributed by atoms with Crippen molar-refractivity contribution in [3.63, 3.8) is 0 Å². The molecule has 5 nitrogen and oxygen atoms in total.